The standard InChI is InChI=1S/C14H9F2N3/c15-11-3-1-2-9(14(11)16)7-17-10-4-5-12-13(6-10)19-8-18-12/h1-8H,(H,18,19)/i8+2. The molecule has 1 N–H and O–H groups in total. The van der Waals surface area contributed by atoms with Crippen molar-refractivity contribution in [1.29, 1.82) is 0 Å². The highest BCUT2D eigenvalue weighted by molar-refractivity contribution is 5.84. The first-order valence-electron chi connectivity index (χ1n) is 5.65. The Morgan fingerprint density at radius 1 is 1.21 bits per heavy atom. The monoisotopic (exact) mass is 259 g/mol. The molecular formula is C14H9F2N3. The fourth-order valence-corrected chi connectivity index (χ4v) is 1.77. The van der Waals surface area contributed by atoms with E-state index in [0.717, 1.165) is 17.1 Å². The Kier molecular flexibility index (Phi) is 2.79. The largest absolute Gasteiger partial charge is 0.345 e. The molecule has 1 aromatic heterocycles. The van der Waals surface area contributed by atoms with Gasteiger partial charge in [-0.3, -0.25) is 4.99 Å². The molecule has 0 aliphatic heterocycles. The number of aromatic nitrogens is 2. The Labute approximate surface area is 107 Å². The molecule has 0 amide bonds. The van der Waals surface area contributed by atoms with Crippen molar-refractivity contribution in [2.75, 3.05) is 0 Å². The van der Waals surface area contributed by atoms with Gasteiger partial charge in [0.2, 0.25) is 0 Å². The summed E-state index contributed by atoms with van der Waals surface area (Å²) in [6.45, 7) is 0. The van der Waals surface area contributed by atoms with E-state index < -0.39 is 11.6 Å². The van der Waals surface area contributed by atoms with Gasteiger partial charge in [0.05, 0.1) is 23.0 Å². The third-order valence-electron chi connectivity index (χ3n) is 2.74. The van der Waals surface area contributed by atoms with Crippen molar-refractivity contribution in [3.63, 3.8) is 0 Å². The number of nitrogens with one attached hydrogen (secondary N) is 1. The van der Waals surface area contributed by atoms with Gasteiger partial charge >= 0.3 is 0 Å². The van der Waals surface area contributed by atoms with Gasteiger partial charge in [0, 0.05) is 11.8 Å². The lowest BCUT2D eigenvalue weighted by Gasteiger charge is -1.97. The summed E-state index contributed by atoms with van der Waals surface area (Å²) in [7, 11) is 0. The fraction of sp³-hybridized carbons (Fsp3) is 0. The molecule has 3 nitrogen and oxygen atoms in total. The van der Waals surface area contributed by atoms with Gasteiger partial charge in [0.15, 0.2) is 11.6 Å². The summed E-state index contributed by atoms with van der Waals surface area (Å²) in [5.74, 6) is -1.78. The van der Waals surface area contributed by atoms with Crippen molar-refractivity contribution >= 4 is 22.9 Å². The number of hydrogen-bond acceptors (Lipinski definition) is 2. The first-order valence-corrected chi connectivity index (χ1v) is 5.65. The highest BCUT2D eigenvalue weighted by atomic mass is 19.2. The number of hydrogen-bond donors (Lipinski definition) is 1. The van der Waals surface area contributed by atoms with Crippen LogP contribution < -0.4 is 0 Å². The van der Waals surface area contributed by atoms with Crippen LogP contribution in [0.15, 0.2) is 47.7 Å². The first kappa shape index (κ1) is 11.5. The number of H-pyrrole nitrogens is 1. The number of halogens is 2. The summed E-state index contributed by atoms with van der Waals surface area (Å²) < 4.78 is 26.4. The zero-order chi connectivity index (χ0) is 13.2. The number of aromatic amines is 1. The van der Waals surface area contributed by atoms with E-state index in [9.17, 15) is 8.78 Å². The van der Waals surface area contributed by atoms with Crippen LogP contribution >= 0.6 is 0 Å². The van der Waals surface area contributed by atoms with E-state index in [1.54, 1.807) is 24.5 Å². The number of rotatable bonds is 2. The van der Waals surface area contributed by atoms with E-state index in [2.05, 4.69) is 15.0 Å². The average molecular weight is 259 g/mol. The molecule has 3 rings (SSSR count). The van der Waals surface area contributed by atoms with Gasteiger partial charge < -0.3 is 4.98 Å². The number of aliphatic imine (C=N–C) groups is 1. The Morgan fingerprint density at radius 3 is 3.00 bits per heavy atom. The van der Waals surface area contributed by atoms with Crippen molar-refractivity contribution in [3.05, 3.63) is 59.9 Å². The molecule has 0 aliphatic carbocycles. The van der Waals surface area contributed by atoms with Crippen LogP contribution in [-0.4, -0.2) is 16.2 Å². The molecule has 94 valence electrons. The first-order chi connectivity index (χ1) is 9.24. The third-order valence-corrected chi connectivity index (χ3v) is 2.74. The minimum absolute atomic E-state index is 0.115. The summed E-state index contributed by atoms with van der Waals surface area (Å²) in [5.41, 5.74) is 2.43. The second-order valence-corrected chi connectivity index (χ2v) is 4.01. The second kappa shape index (κ2) is 4.61. The highest BCUT2D eigenvalue weighted by Crippen LogP contribution is 2.18. The summed E-state index contributed by atoms with van der Waals surface area (Å²) in [6, 6.07) is 9.34. The minimum atomic E-state index is -0.895. The zero-order valence-corrected chi connectivity index (χ0v) is 9.77. The topological polar surface area (TPSA) is 41.0 Å². The van der Waals surface area contributed by atoms with Crippen molar-refractivity contribution in [1.82, 2.24) is 9.97 Å². The zero-order valence-electron chi connectivity index (χ0n) is 9.77. The van der Waals surface area contributed by atoms with E-state index >= 15 is 0 Å². The lowest BCUT2D eigenvalue weighted by Crippen LogP contribution is -1.91. The summed E-state index contributed by atoms with van der Waals surface area (Å²) in [6.07, 6.45) is 2.89. The van der Waals surface area contributed by atoms with Gasteiger partial charge in [-0.05, 0) is 24.3 Å². The highest BCUT2D eigenvalue weighted by Gasteiger charge is 2.05. The van der Waals surface area contributed by atoms with Gasteiger partial charge in [0.1, 0.15) is 0 Å². The van der Waals surface area contributed by atoms with Gasteiger partial charge in [0.25, 0.3) is 0 Å². The Hall–Kier alpha value is -2.56. The second-order valence-electron chi connectivity index (χ2n) is 4.01. The van der Waals surface area contributed by atoms with Crippen LogP contribution in [0.3, 0.4) is 0 Å². The maximum atomic E-state index is 13.4. The number of fused-ring (bicyclic) bond motifs is 1. The van der Waals surface area contributed by atoms with Crippen LogP contribution in [0.5, 0.6) is 0 Å². The molecule has 0 unspecified atom stereocenters. The molecule has 0 saturated heterocycles. The lowest BCUT2D eigenvalue weighted by atomic mass is 10.2. The summed E-state index contributed by atoms with van der Waals surface area (Å²) >= 11 is 0. The van der Waals surface area contributed by atoms with Crippen molar-refractivity contribution in [3.8, 4) is 0 Å². The molecule has 5 heteroatoms. The normalized spacial score (nSPS) is 11.5. The average Bonchev–Trinajstić information content (AvgIpc) is 2.88. The molecule has 2 aromatic carbocycles. The van der Waals surface area contributed by atoms with E-state index in [1.807, 2.05) is 0 Å². The van der Waals surface area contributed by atoms with Gasteiger partial charge in [-0.1, -0.05) is 12.1 Å². The molecule has 0 atom stereocenters. The SMILES string of the molecule is Fc1cccc(C=Nc2ccc3n[14cH][nH]c3c2)c1F. The molecule has 19 heavy (non-hydrogen) atoms. The van der Waals surface area contributed by atoms with Crippen LogP contribution in [0.25, 0.3) is 11.0 Å². The lowest BCUT2D eigenvalue weighted by molar-refractivity contribution is 0.507. The third kappa shape index (κ3) is 2.22. The molecular weight excluding hydrogens is 250 g/mol. The maximum Gasteiger partial charge on any atom is 0.167 e. The molecule has 0 spiro atoms. The molecule has 0 bridgehead atoms. The predicted octanol–water partition coefficient (Wildman–Crippen LogP) is 3.59. The van der Waals surface area contributed by atoms with Crippen molar-refractivity contribution in [2.24, 2.45) is 4.99 Å². The van der Waals surface area contributed by atoms with E-state index in [0.29, 0.717) is 5.69 Å². The Balaban J connectivity index is 1.95. The number of nitrogens with zero attached hydrogens (tertiary/aromatic N) is 2. The van der Waals surface area contributed by atoms with Crippen molar-refractivity contribution < 1.29 is 8.78 Å². The minimum Gasteiger partial charge on any atom is -0.345 e. The summed E-state index contributed by atoms with van der Waals surface area (Å²) in [4.78, 5) is 11.2. The molecule has 0 fully saturated rings. The molecule has 0 aliphatic rings. The van der Waals surface area contributed by atoms with Gasteiger partial charge in [-0.25, -0.2) is 13.8 Å². The Morgan fingerprint density at radius 2 is 2.11 bits per heavy atom. The predicted molar refractivity (Wildman–Crippen MR) is 69.7 cm³/mol. The van der Waals surface area contributed by atoms with Gasteiger partial charge in [-0.2, -0.15) is 0 Å². The molecule has 0 saturated carbocycles. The molecule has 1 heterocycles. The van der Waals surface area contributed by atoms with Crippen LogP contribution in [-0.2, 0) is 0 Å². The van der Waals surface area contributed by atoms with Crippen molar-refractivity contribution in [2.45, 2.75) is 0 Å². The van der Waals surface area contributed by atoms with Crippen LogP contribution in [0, 0.1) is 11.6 Å². The smallest absolute Gasteiger partial charge is 0.167 e. The van der Waals surface area contributed by atoms with E-state index in [-0.39, 0.29) is 5.56 Å². The number of benzene rings is 2. The molecule has 0 radical (unpaired) electrons. The van der Waals surface area contributed by atoms with Gasteiger partial charge in [-0.15, -0.1) is 0 Å². The number of imidazole rings is 1. The summed E-state index contributed by atoms with van der Waals surface area (Å²) in [5, 5.41) is 0. The van der Waals surface area contributed by atoms with Crippen LogP contribution in [0.2, 0.25) is 0 Å². The van der Waals surface area contributed by atoms with Crippen LogP contribution in [0.1, 0.15) is 5.56 Å². The van der Waals surface area contributed by atoms with E-state index in [1.165, 1.54) is 18.3 Å². The quantitative estimate of drug-likeness (QED) is 0.702. The maximum absolute atomic E-state index is 13.4. The fourth-order valence-electron chi connectivity index (χ4n) is 1.77. The van der Waals surface area contributed by atoms with E-state index in [4.69, 9.17) is 0 Å². The van der Waals surface area contributed by atoms with Crippen LogP contribution in [0.4, 0.5) is 14.5 Å². The molecule has 3 aromatic rings. The Bertz CT molecular complexity index is 762.